The maximum Gasteiger partial charge on any atom is 0.287 e. The Morgan fingerprint density at radius 3 is 2.37 bits per heavy atom. The fourth-order valence-electron chi connectivity index (χ4n) is 8.48. The second-order valence-corrected chi connectivity index (χ2v) is 16.6. The topological polar surface area (TPSA) is 178 Å². The van der Waals surface area contributed by atoms with Crippen LogP contribution in [0, 0.1) is 29.1 Å². The molecule has 4 amide bonds. The fourth-order valence-corrected chi connectivity index (χ4v) is 8.72. The Hall–Kier alpha value is -3.84. The number of carbonyl (C=O) groups excluding carboxylic acids is 5. The number of amides is 4. The molecule has 1 saturated heterocycles. The summed E-state index contributed by atoms with van der Waals surface area (Å²) in [6.07, 6.45) is 8.80. The first-order valence-corrected chi connectivity index (χ1v) is 18.3. The van der Waals surface area contributed by atoms with Crippen LogP contribution >= 0.6 is 11.6 Å². The van der Waals surface area contributed by atoms with Crippen LogP contribution in [-0.4, -0.2) is 78.8 Å². The summed E-state index contributed by atoms with van der Waals surface area (Å²) in [5.41, 5.74) is 7.49. The van der Waals surface area contributed by atoms with Crippen molar-refractivity contribution in [3.05, 3.63) is 28.8 Å². The van der Waals surface area contributed by atoms with Gasteiger partial charge in [0.25, 0.3) is 5.91 Å². The third kappa shape index (κ3) is 7.84. The van der Waals surface area contributed by atoms with Gasteiger partial charge >= 0.3 is 0 Å². The second-order valence-electron chi connectivity index (χ2n) is 16.2. The molecule has 1 spiro atoms. The SMILES string of the molecule is COc1cc(OC)c(C2=C[C@]3(C[C@@H](C(=O)N[C@@H](CC4CC4)C(=O)C(N)=O)N(C(=O)[C@@H](NC(=O)CC4CC5CCC4C5)C(C)(C)C)C3)ON2)cc1Cl. The minimum atomic E-state index is -1.18. The quantitative estimate of drug-likeness (QED) is 0.222. The van der Waals surface area contributed by atoms with Gasteiger partial charge in [0.15, 0.2) is 0 Å². The van der Waals surface area contributed by atoms with Crippen LogP contribution in [0.1, 0.15) is 84.1 Å². The lowest BCUT2D eigenvalue weighted by Crippen LogP contribution is -2.59. The van der Waals surface area contributed by atoms with Crippen LogP contribution in [0.4, 0.5) is 0 Å². The number of ether oxygens (including phenoxy) is 2. The molecule has 13 nitrogen and oxygen atoms in total. The van der Waals surface area contributed by atoms with E-state index >= 15 is 0 Å². The Labute approximate surface area is 303 Å². The van der Waals surface area contributed by atoms with E-state index in [1.807, 2.05) is 20.8 Å². The third-order valence-electron chi connectivity index (χ3n) is 11.4. The van der Waals surface area contributed by atoms with Crippen molar-refractivity contribution in [3.8, 4) is 11.5 Å². The summed E-state index contributed by atoms with van der Waals surface area (Å²) in [5, 5.41) is 6.13. The van der Waals surface area contributed by atoms with Gasteiger partial charge in [0.05, 0.1) is 37.5 Å². The molecular weight excluding hydrogens is 678 g/mol. The first-order valence-electron chi connectivity index (χ1n) is 17.9. The van der Waals surface area contributed by atoms with E-state index in [1.165, 1.54) is 32.0 Å². The van der Waals surface area contributed by atoms with Crippen LogP contribution in [0.5, 0.6) is 11.5 Å². The number of rotatable bonds is 13. The first kappa shape index (κ1) is 36.9. The van der Waals surface area contributed by atoms with Gasteiger partial charge in [-0.05, 0) is 66.9 Å². The van der Waals surface area contributed by atoms with E-state index in [1.54, 1.807) is 18.2 Å². The predicted octanol–water partition coefficient (Wildman–Crippen LogP) is 3.27. The largest absolute Gasteiger partial charge is 0.496 e. The van der Waals surface area contributed by atoms with Crippen molar-refractivity contribution in [1.29, 1.82) is 0 Å². The maximum atomic E-state index is 14.7. The Bertz CT molecular complexity index is 1620. The number of Topliss-reactive ketones (excluding diaryl/α,β-unsaturated/α-hetero) is 1. The lowest BCUT2D eigenvalue weighted by atomic mass is 9.84. The van der Waals surface area contributed by atoms with Crippen LogP contribution in [0.15, 0.2) is 18.2 Å². The summed E-state index contributed by atoms with van der Waals surface area (Å²) in [5.74, 6) is -0.649. The Balaban J connectivity index is 1.29. The molecule has 14 heteroatoms. The van der Waals surface area contributed by atoms with E-state index in [0.717, 1.165) is 25.7 Å². The lowest BCUT2D eigenvalue weighted by molar-refractivity contribution is -0.145. The molecule has 7 atom stereocenters. The molecule has 3 saturated carbocycles. The number of hydrogen-bond acceptors (Lipinski definition) is 9. The van der Waals surface area contributed by atoms with Gasteiger partial charge < -0.3 is 30.7 Å². The summed E-state index contributed by atoms with van der Waals surface area (Å²) >= 11 is 6.47. The van der Waals surface area contributed by atoms with E-state index in [4.69, 9.17) is 31.6 Å². The highest BCUT2D eigenvalue weighted by Crippen LogP contribution is 2.49. The maximum absolute atomic E-state index is 14.7. The van der Waals surface area contributed by atoms with Crippen molar-refractivity contribution >= 4 is 46.7 Å². The Kier molecular flexibility index (Phi) is 10.4. The number of fused-ring (bicyclic) bond motifs is 2. The molecule has 4 fully saturated rings. The van der Waals surface area contributed by atoms with Gasteiger partial charge in [-0.25, -0.2) is 0 Å². The molecule has 2 heterocycles. The van der Waals surface area contributed by atoms with Crippen LogP contribution in [0.25, 0.3) is 5.70 Å². The van der Waals surface area contributed by atoms with Crippen molar-refractivity contribution in [2.24, 2.45) is 34.8 Å². The zero-order valence-electron chi connectivity index (χ0n) is 30.0. The molecule has 6 rings (SSSR count). The van der Waals surface area contributed by atoms with Crippen molar-refractivity contribution in [3.63, 3.8) is 0 Å². The minimum Gasteiger partial charge on any atom is -0.496 e. The number of nitrogens with one attached hydrogen (secondary N) is 3. The van der Waals surface area contributed by atoms with E-state index in [-0.39, 0.29) is 31.2 Å². The van der Waals surface area contributed by atoms with Crippen molar-refractivity contribution in [1.82, 2.24) is 21.0 Å². The Morgan fingerprint density at radius 1 is 1.06 bits per heavy atom. The van der Waals surface area contributed by atoms with E-state index in [2.05, 4.69) is 16.1 Å². The monoisotopic (exact) mass is 727 g/mol. The minimum absolute atomic E-state index is 0.0180. The van der Waals surface area contributed by atoms with E-state index < -0.39 is 52.6 Å². The van der Waals surface area contributed by atoms with Gasteiger partial charge in [-0.1, -0.05) is 51.6 Å². The highest BCUT2D eigenvalue weighted by atomic mass is 35.5. The summed E-state index contributed by atoms with van der Waals surface area (Å²) in [7, 11) is 3.01. The number of ketones is 1. The molecule has 5 N–H and O–H groups in total. The molecule has 51 heavy (non-hydrogen) atoms. The van der Waals surface area contributed by atoms with Gasteiger partial charge in [-0.3, -0.25) is 34.3 Å². The molecule has 1 aromatic rings. The van der Waals surface area contributed by atoms with Crippen molar-refractivity contribution in [2.45, 2.75) is 102 Å². The number of nitrogens with two attached hydrogens (primary N) is 1. The van der Waals surface area contributed by atoms with Gasteiger partial charge in [0.2, 0.25) is 23.5 Å². The van der Waals surface area contributed by atoms with Gasteiger partial charge in [-0.2, -0.15) is 0 Å². The highest BCUT2D eigenvalue weighted by molar-refractivity contribution is 6.37. The van der Waals surface area contributed by atoms with Gasteiger partial charge in [0.1, 0.15) is 29.2 Å². The van der Waals surface area contributed by atoms with Crippen LogP contribution in [-0.2, 0) is 28.8 Å². The smallest absolute Gasteiger partial charge is 0.287 e. The summed E-state index contributed by atoms with van der Waals surface area (Å²) in [4.78, 5) is 74.7. The van der Waals surface area contributed by atoms with E-state index in [9.17, 15) is 24.0 Å². The molecule has 1 aromatic carbocycles. The standard InChI is InChI=1S/C37H50ClN5O8/c1-36(2,3)32(41-30(44)13-22-11-20-8-9-21(22)10-20)35(48)43-18-37(16-26(42-51-37)23-14-24(38)29(50-5)15-28(23)49-4)17-27(43)34(47)40-25(12-19-6-7-19)31(45)33(39)46/h14-16,19-22,25,27,32,42H,6-13,17-18H2,1-5H3,(H2,39,46)(H,40,47)(H,41,44)/t20?,21?,22?,25-,27-,32+,37+/m0/s1. The number of benzene rings is 1. The molecule has 2 aliphatic heterocycles. The first-order chi connectivity index (χ1) is 24.1. The molecule has 3 unspecified atom stereocenters. The lowest BCUT2D eigenvalue weighted by Gasteiger charge is -2.36. The van der Waals surface area contributed by atoms with E-state index in [0.29, 0.717) is 52.0 Å². The number of halogens is 1. The number of hydroxylamine groups is 1. The molecular formula is C37H50ClN5O8. The summed E-state index contributed by atoms with van der Waals surface area (Å²) < 4.78 is 10.9. The van der Waals surface area contributed by atoms with Crippen LogP contribution in [0.3, 0.4) is 0 Å². The molecule has 3 aliphatic carbocycles. The number of likely N-dealkylation sites (tertiary alicyclic amines) is 1. The van der Waals surface area contributed by atoms with Crippen LogP contribution < -0.4 is 31.3 Å². The second kappa shape index (κ2) is 14.3. The number of primary amides is 1. The summed E-state index contributed by atoms with van der Waals surface area (Å²) in [6.45, 7) is 5.57. The number of nitrogens with zero attached hydrogens (tertiary/aromatic N) is 1. The van der Waals surface area contributed by atoms with Crippen molar-refractivity contribution < 1.29 is 38.3 Å². The molecule has 2 bridgehead atoms. The molecule has 5 aliphatic rings. The number of carbonyl (C=O) groups is 5. The molecule has 0 radical (unpaired) electrons. The van der Waals surface area contributed by atoms with Crippen molar-refractivity contribution in [2.75, 3.05) is 20.8 Å². The average molecular weight is 728 g/mol. The molecule has 278 valence electrons. The normalized spacial score (nSPS) is 27.8. The third-order valence-corrected chi connectivity index (χ3v) is 11.7. The summed E-state index contributed by atoms with van der Waals surface area (Å²) in [6, 6.07) is 0.138. The highest BCUT2D eigenvalue weighted by Gasteiger charge is 2.54. The molecule has 0 aromatic heterocycles. The van der Waals surface area contributed by atoms with Crippen LogP contribution in [0.2, 0.25) is 5.02 Å². The number of hydrogen-bond donors (Lipinski definition) is 4. The zero-order chi connectivity index (χ0) is 36.8. The fraction of sp³-hybridized carbons (Fsp3) is 0.649. The average Bonchev–Trinajstić information content (AvgIpc) is 3.40. The van der Waals surface area contributed by atoms with Gasteiger partial charge in [-0.15, -0.1) is 0 Å². The number of methoxy groups -OCH3 is 2. The predicted molar refractivity (Wildman–Crippen MR) is 188 cm³/mol. The Morgan fingerprint density at radius 2 is 1.78 bits per heavy atom. The zero-order valence-corrected chi connectivity index (χ0v) is 30.8. The van der Waals surface area contributed by atoms with Gasteiger partial charge in [0, 0.05) is 24.5 Å².